The highest BCUT2D eigenvalue weighted by Crippen LogP contribution is 2.34. The van der Waals surface area contributed by atoms with Gasteiger partial charge in [0.05, 0.1) is 12.7 Å². The standard InChI is InChI=1S/C17H20ClNO2/c1-2-21-13-9-7-12(8-10-13)17(20)15(11-19)14-5-3-4-6-16(14)18/h3-10,15,17,20H,2,11,19H2,1H3. The SMILES string of the molecule is CCOc1ccc(C(O)C(CN)c2ccccc2Cl)cc1. The van der Waals surface area contributed by atoms with Crippen molar-refractivity contribution in [3.05, 3.63) is 64.7 Å². The van der Waals surface area contributed by atoms with Crippen LogP contribution in [0.5, 0.6) is 5.75 Å². The third-order valence-corrected chi connectivity index (χ3v) is 3.82. The van der Waals surface area contributed by atoms with Crippen LogP contribution < -0.4 is 10.5 Å². The maximum Gasteiger partial charge on any atom is 0.119 e. The molecule has 3 nitrogen and oxygen atoms in total. The first-order valence-electron chi connectivity index (χ1n) is 7.02. The van der Waals surface area contributed by atoms with Crippen LogP contribution in [-0.4, -0.2) is 18.3 Å². The fraction of sp³-hybridized carbons (Fsp3) is 0.294. The molecular weight excluding hydrogens is 286 g/mol. The summed E-state index contributed by atoms with van der Waals surface area (Å²) in [6, 6.07) is 14.9. The highest BCUT2D eigenvalue weighted by Gasteiger charge is 2.23. The molecule has 112 valence electrons. The maximum absolute atomic E-state index is 10.6. The molecule has 0 bridgehead atoms. The summed E-state index contributed by atoms with van der Waals surface area (Å²) >= 11 is 6.21. The highest BCUT2D eigenvalue weighted by molar-refractivity contribution is 6.31. The average Bonchev–Trinajstić information content (AvgIpc) is 2.51. The van der Waals surface area contributed by atoms with Crippen LogP contribution in [0.2, 0.25) is 5.02 Å². The van der Waals surface area contributed by atoms with Gasteiger partial charge in [-0.2, -0.15) is 0 Å². The van der Waals surface area contributed by atoms with E-state index in [0.717, 1.165) is 16.9 Å². The van der Waals surface area contributed by atoms with Crippen molar-refractivity contribution in [2.75, 3.05) is 13.2 Å². The van der Waals surface area contributed by atoms with Crippen LogP contribution >= 0.6 is 11.6 Å². The molecule has 0 aliphatic rings. The van der Waals surface area contributed by atoms with Gasteiger partial charge in [0.2, 0.25) is 0 Å². The Labute approximate surface area is 130 Å². The summed E-state index contributed by atoms with van der Waals surface area (Å²) in [5.74, 6) is 0.548. The van der Waals surface area contributed by atoms with E-state index in [0.29, 0.717) is 18.2 Å². The van der Waals surface area contributed by atoms with Crippen LogP contribution in [0.1, 0.15) is 30.1 Å². The quantitative estimate of drug-likeness (QED) is 0.858. The zero-order chi connectivity index (χ0) is 15.2. The first-order chi connectivity index (χ1) is 10.2. The Morgan fingerprint density at radius 1 is 1.14 bits per heavy atom. The number of halogens is 1. The number of hydrogen-bond donors (Lipinski definition) is 2. The van der Waals surface area contributed by atoms with Gasteiger partial charge in [0, 0.05) is 17.5 Å². The van der Waals surface area contributed by atoms with Gasteiger partial charge in [0.1, 0.15) is 5.75 Å². The molecule has 2 aromatic carbocycles. The first kappa shape index (κ1) is 15.8. The lowest BCUT2D eigenvalue weighted by Gasteiger charge is -2.23. The third-order valence-electron chi connectivity index (χ3n) is 3.47. The van der Waals surface area contributed by atoms with E-state index in [1.807, 2.05) is 55.5 Å². The molecule has 0 fully saturated rings. The zero-order valence-corrected chi connectivity index (χ0v) is 12.8. The van der Waals surface area contributed by atoms with E-state index in [1.54, 1.807) is 0 Å². The number of aliphatic hydroxyl groups is 1. The normalized spacial score (nSPS) is 13.7. The van der Waals surface area contributed by atoms with Gasteiger partial charge in [-0.15, -0.1) is 0 Å². The Kier molecular flexibility index (Phi) is 5.62. The second-order valence-corrected chi connectivity index (χ2v) is 5.22. The molecule has 0 amide bonds. The second-order valence-electron chi connectivity index (χ2n) is 4.81. The first-order valence-corrected chi connectivity index (χ1v) is 7.40. The lowest BCUT2D eigenvalue weighted by atomic mass is 9.89. The Bertz CT molecular complexity index is 571. The summed E-state index contributed by atoms with van der Waals surface area (Å²) in [7, 11) is 0. The number of rotatable bonds is 6. The van der Waals surface area contributed by atoms with Crippen molar-refractivity contribution in [2.24, 2.45) is 5.73 Å². The van der Waals surface area contributed by atoms with Crippen molar-refractivity contribution in [3.63, 3.8) is 0 Å². The molecule has 0 heterocycles. The minimum atomic E-state index is -0.703. The van der Waals surface area contributed by atoms with Crippen molar-refractivity contribution in [1.82, 2.24) is 0 Å². The van der Waals surface area contributed by atoms with E-state index in [2.05, 4.69) is 0 Å². The van der Waals surface area contributed by atoms with Crippen LogP contribution in [0.3, 0.4) is 0 Å². The van der Waals surface area contributed by atoms with E-state index in [9.17, 15) is 5.11 Å². The van der Waals surface area contributed by atoms with Gasteiger partial charge < -0.3 is 15.6 Å². The number of benzene rings is 2. The molecule has 2 atom stereocenters. The Morgan fingerprint density at radius 2 is 1.81 bits per heavy atom. The van der Waals surface area contributed by atoms with Gasteiger partial charge in [-0.1, -0.05) is 41.9 Å². The van der Waals surface area contributed by atoms with E-state index in [4.69, 9.17) is 22.1 Å². The minimum Gasteiger partial charge on any atom is -0.494 e. The summed E-state index contributed by atoms with van der Waals surface area (Å²) < 4.78 is 5.40. The lowest BCUT2D eigenvalue weighted by Crippen LogP contribution is -2.20. The smallest absolute Gasteiger partial charge is 0.119 e. The van der Waals surface area contributed by atoms with Gasteiger partial charge >= 0.3 is 0 Å². The topological polar surface area (TPSA) is 55.5 Å². The highest BCUT2D eigenvalue weighted by atomic mass is 35.5. The number of hydrogen-bond acceptors (Lipinski definition) is 3. The van der Waals surface area contributed by atoms with Gasteiger partial charge in [-0.25, -0.2) is 0 Å². The number of aliphatic hydroxyl groups excluding tert-OH is 1. The van der Waals surface area contributed by atoms with Crippen molar-refractivity contribution in [1.29, 1.82) is 0 Å². The molecule has 0 aliphatic carbocycles. The second kappa shape index (κ2) is 7.46. The summed E-state index contributed by atoms with van der Waals surface area (Å²) in [6.45, 7) is 2.87. The van der Waals surface area contributed by atoms with Crippen molar-refractivity contribution in [2.45, 2.75) is 18.9 Å². The fourth-order valence-corrected chi connectivity index (χ4v) is 2.64. The predicted molar refractivity (Wildman–Crippen MR) is 85.8 cm³/mol. The summed E-state index contributed by atoms with van der Waals surface area (Å²) in [6.07, 6.45) is -0.703. The largest absolute Gasteiger partial charge is 0.494 e. The number of nitrogens with two attached hydrogens (primary N) is 1. The van der Waals surface area contributed by atoms with E-state index < -0.39 is 6.10 Å². The summed E-state index contributed by atoms with van der Waals surface area (Å²) in [5, 5.41) is 11.2. The molecule has 2 aromatic rings. The minimum absolute atomic E-state index is 0.239. The van der Waals surface area contributed by atoms with E-state index in [1.165, 1.54) is 0 Å². The number of ether oxygens (including phenoxy) is 1. The molecule has 0 saturated heterocycles. The molecule has 4 heteroatoms. The third kappa shape index (κ3) is 3.76. The fourth-order valence-electron chi connectivity index (χ4n) is 2.36. The van der Waals surface area contributed by atoms with Crippen molar-refractivity contribution < 1.29 is 9.84 Å². The zero-order valence-electron chi connectivity index (χ0n) is 12.0. The predicted octanol–water partition coefficient (Wildman–Crippen LogP) is 3.51. The molecule has 21 heavy (non-hydrogen) atoms. The molecule has 2 unspecified atom stereocenters. The molecule has 0 aliphatic heterocycles. The molecule has 2 rings (SSSR count). The van der Waals surface area contributed by atoms with E-state index >= 15 is 0 Å². The van der Waals surface area contributed by atoms with Gasteiger partial charge in [0.15, 0.2) is 0 Å². The Morgan fingerprint density at radius 3 is 2.38 bits per heavy atom. The van der Waals surface area contributed by atoms with Gasteiger partial charge in [-0.05, 0) is 36.2 Å². The average molecular weight is 306 g/mol. The molecular formula is C17H20ClNO2. The summed E-state index contributed by atoms with van der Waals surface area (Å²) in [4.78, 5) is 0. The molecule has 0 saturated carbocycles. The van der Waals surface area contributed by atoms with Crippen LogP contribution in [0.15, 0.2) is 48.5 Å². The molecule has 0 radical (unpaired) electrons. The molecule has 0 aromatic heterocycles. The maximum atomic E-state index is 10.6. The molecule has 3 N–H and O–H groups in total. The molecule has 0 spiro atoms. The van der Waals surface area contributed by atoms with Crippen LogP contribution in [0.4, 0.5) is 0 Å². The van der Waals surface area contributed by atoms with Gasteiger partial charge in [-0.3, -0.25) is 0 Å². The monoisotopic (exact) mass is 305 g/mol. The Balaban J connectivity index is 2.24. The Hall–Kier alpha value is -1.55. The van der Waals surface area contributed by atoms with Gasteiger partial charge in [0.25, 0.3) is 0 Å². The van der Waals surface area contributed by atoms with Crippen LogP contribution in [0.25, 0.3) is 0 Å². The van der Waals surface area contributed by atoms with Crippen molar-refractivity contribution in [3.8, 4) is 5.75 Å². The van der Waals surface area contributed by atoms with Crippen LogP contribution in [-0.2, 0) is 0 Å². The summed E-state index contributed by atoms with van der Waals surface area (Å²) in [5.41, 5.74) is 7.51. The van der Waals surface area contributed by atoms with Crippen LogP contribution in [0, 0.1) is 0 Å². The van der Waals surface area contributed by atoms with E-state index in [-0.39, 0.29) is 5.92 Å². The lowest BCUT2D eigenvalue weighted by molar-refractivity contribution is 0.147. The van der Waals surface area contributed by atoms with Crippen molar-refractivity contribution >= 4 is 11.6 Å².